The Morgan fingerprint density at radius 3 is 2.65 bits per heavy atom. The first-order valence-corrected chi connectivity index (χ1v) is 9.96. The van der Waals surface area contributed by atoms with E-state index in [9.17, 15) is 14.0 Å². The third kappa shape index (κ3) is 3.76. The molecule has 0 spiro atoms. The maximum atomic E-state index is 14.7. The van der Waals surface area contributed by atoms with Gasteiger partial charge in [0, 0.05) is 18.2 Å². The largest absolute Gasteiger partial charge is 0.332 e. The molecule has 1 aliphatic rings. The number of carbonyl (C=O) groups excluding carboxylic acids is 2. The second-order valence-corrected chi connectivity index (χ2v) is 7.92. The van der Waals surface area contributed by atoms with Crippen LogP contribution in [0.25, 0.3) is 11.5 Å². The molecule has 31 heavy (non-hydrogen) atoms. The fourth-order valence-electron chi connectivity index (χ4n) is 3.47. The summed E-state index contributed by atoms with van der Waals surface area (Å²) in [4.78, 5) is 31.4. The highest BCUT2D eigenvalue weighted by Crippen LogP contribution is 2.28. The number of hydrogen-bond acceptors (Lipinski definition) is 6. The van der Waals surface area contributed by atoms with E-state index in [-0.39, 0.29) is 29.4 Å². The summed E-state index contributed by atoms with van der Waals surface area (Å²) < 4.78 is 16.3. The molecule has 9 nitrogen and oxygen atoms in total. The van der Waals surface area contributed by atoms with Gasteiger partial charge in [-0.3, -0.25) is 9.59 Å². The van der Waals surface area contributed by atoms with Crippen molar-refractivity contribution < 1.29 is 14.0 Å². The number of tetrazole rings is 1. The molecule has 160 valence electrons. The van der Waals surface area contributed by atoms with E-state index in [1.165, 1.54) is 12.1 Å². The highest BCUT2D eigenvalue weighted by molar-refractivity contribution is 6.07. The van der Waals surface area contributed by atoms with Crippen LogP contribution in [0, 0.1) is 5.82 Å². The fraction of sp³-hybridized carbons (Fsp3) is 0.333. The molecule has 0 aliphatic carbocycles. The molecule has 0 atom stereocenters. The number of pyridine rings is 1. The predicted molar refractivity (Wildman–Crippen MR) is 111 cm³/mol. The van der Waals surface area contributed by atoms with Crippen molar-refractivity contribution in [3.05, 3.63) is 52.8 Å². The molecule has 0 unspecified atom stereocenters. The van der Waals surface area contributed by atoms with E-state index < -0.39 is 11.7 Å². The molecule has 10 heteroatoms. The topological polar surface area (TPSA) is 106 Å². The molecule has 3 heterocycles. The number of halogens is 1. The van der Waals surface area contributed by atoms with E-state index in [0.717, 1.165) is 0 Å². The van der Waals surface area contributed by atoms with Crippen LogP contribution in [0.15, 0.2) is 30.3 Å². The van der Waals surface area contributed by atoms with Crippen LogP contribution < -0.4 is 5.32 Å². The van der Waals surface area contributed by atoms with Gasteiger partial charge < -0.3 is 10.2 Å². The zero-order valence-electron chi connectivity index (χ0n) is 17.6. The van der Waals surface area contributed by atoms with Gasteiger partial charge in [0.25, 0.3) is 11.8 Å². The van der Waals surface area contributed by atoms with Gasteiger partial charge in [-0.15, -0.1) is 5.10 Å². The van der Waals surface area contributed by atoms with E-state index in [0.29, 0.717) is 29.2 Å². The Labute approximate surface area is 178 Å². The van der Waals surface area contributed by atoms with Gasteiger partial charge >= 0.3 is 0 Å². The smallest absolute Gasteiger partial charge is 0.259 e. The minimum Gasteiger partial charge on any atom is -0.332 e. The van der Waals surface area contributed by atoms with Crippen molar-refractivity contribution in [2.45, 2.75) is 46.3 Å². The first kappa shape index (κ1) is 20.6. The SMILES string of the molecule is CC(C)N1Cc2cc(F)c(C(=O)Nc3cccc(-c4nnnn4C(C)C)n3)cc2C1=O. The number of benzene rings is 1. The lowest BCUT2D eigenvalue weighted by molar-refractivity contribution is 0.0730. The first-order chi connectivity index (χ1) is 14.8. The van der Waals surface area contributed by atoms with Crippen LogP contribution in [0.5, 0.6) is 0 Å². The monoisotopic (exact) mass is 423 g/mol. The summed E-state index contributed by atoms with van der Waals surface area (Å²) in [5, 5.41) is 14.2. The molecule has 0 bridgehead atoms. The molecule has 0 saturated carbocycles. The zero-order chi connectivity index (χ0) is 22.3. The Hall–Kier alpha value is -3.69. The summed E-state index contributed by atoms with van der Waals surface area (Å²) >= 11 is 0. The number of nitrogens with one attached hydrogen (secondary N) is 1. The number of carbonyl (C=O) groups is 2. The van der Waals surface area contributed by atoms with Gasteiger partial charge in [-0.2, -0.15) is 0 Å². The predicted octanol–water partition coefficient (Wildman–Crippen LogP) is 3.07. The van der Waals surface area contributed by atoms with Crippen molar-refractivity contribution in [1.29, 1.82) is 0 Å². The van der Waals surface area contributed by atoms with Crippen LogP contribution in [0.3, 0.4) is 0 Å². The van der Waals surface area contributed by atoms with Gasteiger partial charge in [0.15, 0.2) is 0 Å². The standard InChI is InChI=1S/C21H22FN7O2/c1-11(2)28-10-13-8-16(22)15(9-14(13)21(28)31)20(30)24-18-7-5-6-17(23-18)19-25-26-27-29(19)12(3)4/h5-9,11-12H,10H2,1-4H3,(H,23,24,30). The maximum absolute atomic E-state index is 14.7. The lowest BCUT2D eigenvalue weighted by Crippen LogP contribution is -2.30. The summed E-state index contributed by atoms with van der Waals surface area (Å²) in [5.41, 5.74) is 1.18. The van der Waals surface area contributed by atoms with Crippen molar-refractivity contribution >= 4 is 17.6 Å². The highest BCUT2D eigenvalue weighted by Gasteiger charge is 2.31. The second-order valence-electron chi connectivity index (χ2n) is 7.92. The highest BCUT2D eigenvalue weighted by atomic mass is 19.1. The fourth-order valence-corrected chi connectivity index (χ4v) is 3.47. The summed E-state index contributed by atoms with van der Waals surface area (Å²) in [6.07, 6.45) is 0. The van der Waals surface area contributed by atoms with Crippen LogP contribution in [-0.4, -0.2) is 47.9 Å². The van der Waals surface area contributed by atoms with Crippen molar-refractivity contribution in [1.82, 2.24) is 30.1 Å². The summed E-state index contributed by atoms with van der Waals surface area (Å²) in [6.45, 7) is 7.98. The van der Waals surface area contributed by atoms with E-state index in [1.54, 1.807) is 27.8 Å². The summed E-state index contributed by atoms with van der Waals surface area (Å²) in [6, 6.07) is 7.57. The van der Waals surface area contributed by atoms with Crippen LogP contribution in [0.1, 0.15) is 60.0 Å². The Balaban J connectivity index is 1.60. The Bertz CT molecular complexity index is 1170. The van der Waals surface area contributed by atoms with Gasteiger partial charge in [-0.1, -0.05) is 6.07 Å². The zero-order valence-corrected chi connectivity index (χ0v) is 17.6. The minimum absolute atomic E-state index is 0.0189. The molecule has 0 radical (unpaired) electrons. The van der Waals surface area contributed by atoms with Gasteiger partial charge in [0.1, 0.15) is 17.3 Å². The van der Waals surface area contributed by atoms with E-state index >= 15 is 0 Å². The molecule has 2 aromatic heterocycles. The third-order valence-electron chi connectivity index (χ3n) is 5.09. The average molecular weight is 423 g/mol. The van der Waals surface area contributed by atoms with Crippen LogP contribution >= 0.6 is 0 Å². The molecular formula is C21H22FN7O2. The summed E-state index contributed by atoms with van der Waals surface area (Å²) in [7, 11) is 0. The van der Waals surface area contributed by atoms with E-state index in [1.807, 2.05) is 27.7 Å². The van der Waals surface area contributed by atoms with Gasteiger partial charge in [0.05, 0.1) is 11.6 Å². The number of anilines is 1. The molecule has 2 amide bonds. The van der Waals surface area contributed by atoms with Crippen molar-refractivity contribution in [2.24, 2.45) is 0 Å². The van der Waals surface area contributed by atoms with Crippen molar-refractivity contribution in [2.75, 3.05) is 5.32 Å². The van der Waals surface area contributed by atoms with Gasteiger partial charge in [-0.05, 0) is 68.0 Å². The quantitative estimate of drug-likeness (QED) is 0.676. The Morgan fingerprint density at radius 1 is 1.16 bits per heavy atom. The molecule has 0 saturated heterocycles. The van der Waals surface area contributed by atoms with Crippen LogP contribution in [0.2, 0.25) is 0 Å². The molecule has 1 aliphatic heterocycles. The van der Waals surface area contributed by atoms with Crippen molar-refractivity contribution in [3.63, 3.8) is 0 Å². The number of hydrogen-bond donors (Lipinski definition) is 1. The first-order valence-electron chi connectivity index (χ1n) is 9.96. The van der Waals surface area contributed by atoms with Crippen LogP contribution in [0.4, 0.5) is 10.2 Å². The van der Waals surface area contributed by atoms with Gasteiger partial charge in [0.2, 0.25) is 5.82 Å². The Morgan fingerprint density at radius 2 is 1.94 bits per heavy atom. The number of nitrogens with zero attached hydrogens (tertiary/aromatic N) is 6. The lowest BCUT2D eigenvalue weighted by atomic mass is 10.0. The molecule has 4 rings (SSSR count). The summed E-state index contributed by atoms with van der Waals surface area (Å²) in [5.74, 6) is -0.913. The minimum atomic E-state index is -0.691. The molecule has 3 aromatic rings. The van der Waals surface area contributed by atoms with E-state index in [4.69, 9.17) is 0 Å². The number of amides is 2. The number of fused-ring (bicyclic) bond motifs is 1. The molecular weight excluding hydrogens is 401 g/mol. The van der Waals surface area contributed by atoms with Gasteiger partial charge in [-0.25, -0.2) is 14.1 Å². The van der Waals surface area contributed by atoms with Crippen molar-refractivity contribution in [3.8, 4) is 11.5 Å². The molecule has 1 N–H and O–H groups in total. The second kappa shape index (κ2) is 7.86. The van der Waals surface area contributed by atoms with Crippen LogP contribution in [-0.2, 0) is 6.54 Å². The molecule has 1 aromatic carbocycles. The third-order valence-corrected chi connectivity index (χ3v) is 5.09. The average Bonchev–Trinajstić information content (AvgIpc) is 3.33. The molecule has 0 fully saturated rings. The van der Waals surface area contributed by atoms with E-state index in [2.05, 4.69) is 25.8 Å². The number of aromatic nitrogens is 5. The lowest BCUT2D eigenvalue weighted by Gasteiger charge is -2.19. The normalized spacial score (nSPS) is 13.3. The Kier molecular flexibility index (Phi) is 5.22. The number of rotatable bonds is 5. The maximum Gasteiger partial charge on any atom is 0.259 e.